The van der Waals surface area contributed by atoms with E-state index in [2.05, 4.69) is 0 Å². The monoisotopic (exact) mass is 459 g/mol. The molecule has 33 heavy (non-hydrogen) atoms. The van der Waals surface area contributed by atoms with Crippen molar-refractivity contribution >= 4 is 15.7 Å². The molecule has 0 spiro atoms. The lowest BCUT2D eigenvalue weighted by Crippen LogP contribution is -2.47. The molecule has 3 aromatic rings. The largest absolute Gasteiger partial charge is 0.383 e. The van der Waals surface area contributed by atoms with Gasteiger partial charge in [-0.3, -0.25) is 4.79 Å². The van der Waals surface area contributed by atoms with E-state index in [4.69, 9.17) is 5.73 Å². The fourth-order valence-corrected chi connectivity index (χ4v) is 6.00. The van der Waals surface area contributed by atoms with Gasteiger partial charge in [-0.1, -0.05) is 85.8 Å². The standard InChI is InChI=1S/C27H25NO4S/c1-19-24(26(28)29)16-17-25(33(31,32)23-10-6-3-7-11-23)27(19,30)18-20-12-14-22(15-13-20)21-8-4-2-5-9-21/h2-17,19,30H,18H2,1H3,(H2,28,29). The smallest absolute Gasteiger partial charge is 0.245 e. The van der Waals surface area contributed by atoms with Crippen LogP contribution in [0.1, 0.15) is 12.5 Å². The Balaban J connectivity index is 1.75. The van der Waals surface area contributed by atoms with Crippen molar-refractivity contribution in [1.29, 1.82) is 0 Å². The number of primary amides is 1. The summed E-state index contributed by atoms with van der Waals surface area (Å²) in [6, 6.07) is 25.4. The maximum Gasteiger partial charge on any atom is 0.245 e. The number of benzene rings is 3. The summed E-state index contributed by atoms with van der Waals surface area (Å²) in [5.74, 6) is -1.50. The quantitative estimate of drug-likeness (QED) is 0.581. The van der Waals surface area contributed by atoms with Crippen molar-refractivity contribution < 1.29 is 18.3 Å². The fraction of sp³-hybridized carbons (Fsp3) is 0.148. The first kappa shape index (κ1) is 22.7. The zero-order valence-electron chi connectivity index (χ0n) is 18.2. The summed E-state index contributed by atoms with van der Waals surface area (Å²) in [5.41, 5.74) is 6.67. The number of hydrogen-bond donors (Lipinski definition) is 2. The Morgan fingerprint density at radius 2 is 1.42 bits per heavy atom. The van der Waals surface area contributed by atoms with E-state index in [-0.39, 0.29) is 21.8 Å². The molecule has 1 aliphatic carbocycles. The average Bonchev–Trinajstić information content (AvgIpc) is 2.82. The van der Waals surface area contributed by atoms with Crippen LogP contribution in [-0.4, -0.2) is 25.0 Å². The normalized spacial score (nSPS) is 20.6. The summed E-state index contributed by atoms with van der Waals surface area (Å²) in [6.07, 6.45) is 2.71. The number of hydrogen-bond acceptors (Lipinski definition) is 4. The highest BCUT2D eigenvalue weighted by atomic mass is 32.2. The molecule has 2 atom stereocenters. The van der Waals surface area contributed by atoms with E-state index in [0.29, 0.717) is 0 Å². The minimum Gasteiger partial charge on any atom is -0.383 e. The van der Waals surface area contributed by atoms with Crippen LogP contribution < -0.4 is 5.73 Å². The molecule has 0 heterocycles. The zero-order chi connectivity index (χ0) is 23.6. The molecule has 1 amide bonds. The Labute approximate surface area is 193 Å². The first-order valence-electron chi connectivity index (χ1n) is 10.6. The molecule has 3 aromatic carbocycles. The molecule has 2 unspecified atom stereocenters. The molecule has 3 N–H and O–H groups in total. The van der Waals surface area contributed by atoms with Crippen molar-refractivity contribution in [2.75, 3.05) is 0 Å². The second-order valence-electron chi connectivity index (χ2n) is 8.22. The number of allylic oxidation sites excluding steroid dienone is 2. The predicted molar refractivity (Wildman–Crippen MR) is 129 cm³/mol. The molecule has 0 aliphatic heterocycles. The number of sulfone groups is 1. The van der Waals surface area contributed by atoms with Gasteiger partial charge in [-0.15, -0.1) is 0 Å². The first-order chi connectivity index (χ1) is 15.7. The lowest BCUT2D eigenvalue weighted by atomic mass is 9.75. The molecule has 6 heteroatoms. The molecule has 0 aromatic heterocycles. The summed E-state index contributed by atoms with van der Waals surface area (Å²) in [7, 11) is -4.01. The van der Waals surface area contributed by atoms with Crippen LogP contribution in [0.4, 0.5) is 0 Å². The summed E-state index contributed by atoms with van der Waals surface area (Å²) in [4.78, 5) is 11.9. The van der Waals surface area contributed by atoms with Gasteiger partial charge in [0.1, 0.15) is 5.60 Å². The Kier molecular flexibility index (Phi) is 6.06. The van der Waals surface area contributed by atoms with Gasteiger partial charge in [-0.25, -0.2) is 8.42 Å². The maximum absolute atomic E-state index is 13.5. The van der Waals surface area contributed by atoms with Crippen LogP contribution in [0.15, 0.2) is 112 Å². The van der Waals surface area contributed by atoms with Gasteiger partial charge in [-0.2, -0.15) is 0 Å². The molecule has 0 radical (unpaired) electrons. The molecule has 4 rings (SSSR count). The van der Waals surface area contributed by atoms with Crippen LogP contribution >= 0.6 is 0 Å². The highest BCUT2D eigenvalue weighted by Gasteiger charge is 2.48. The van der Waals surface area contributed by atoms with E-state index >= 15 is 0 Å². The highest BCUT2D eigenvalue weighted by molar-refractivity contribution is 7.95. The summed E-state index contributed by atoms with van der Waals surface area (Å²) < 4.78 is 27.0. The van der Waals surface area contributed by atoms with Crippen molar-refractivity contribution in [2.45, 2.75) is 23.8 Å². The number of nitrogens with two attached hydrogens (primary N) is 1. The first-order valence-corrected chi connectivity index (χ1v) is 12.1. The number of rotatable bonds is 6. The van der Waals surface area contributed by atoms with Crippen LogP contribution in [0.3, 0.4) is 0 Å². The minimum absolute atomic E-state index is 0.00571. The second-order valence-corrected chi connectivity index (χ2v) is 10.1. The van der Waals surface area contributed by atoms with E-state index < -0.39 is 27.3 Å². The van der Waals surface area contributed by atoms with Gasteiger partial charge in [0.2, 0.25) is 15.7 Å². The van der Waals surface area contributed by atoms with Crippen LogP contribution in [-0.2, 0) is 21.1 Å². The van der Waals surface area contributed by atoms with Gasteiger partial charge >= 0.3 is 0 Å². The summed E-state index contributed by atoms with van der Waals surface area (Å²) in [5, 5.41) is 11.9. The lowest BCUT2D eigenvalue weighted by molar-refractivity contribution is -0.116. The molecule has 1 aliphatic rings. The maximum atomic E-state index is 13.5. The molecule has 0 bridgehead atoms. The van der Waals surface area contributed by atoms with Gasteiger partial charge in [0.25, 0.3) is 0 Å². The molecule has 0 saturated carbocycles. The molecule has 168 valence electrons. The van der Waals surface area contributed by atoms with E-state index in [1.807, 2.05) is 54.6 Å². The van der Waals surface area contributed by atoms with E-state index in [1.54, 1.807) is 25.1 Å². The van der Waals surface area contributed by atoms with Gasteiger partial charge in [0.15, 0.2) is 0 Å². The Morgan fingerprint density at radius 3 is 2.00 bits per heavy atom. The van der Waals surface area contributed by atoms with Crippen LogP contribution in [0, 0.1) is 5.92 Å². The molecular formula is C27H25NO4S. The minimum atomic E-state index is -4.01. The Bertz CT molecular complexity index is 1330. The van der Waals surface area contributed by atoms with Crippen molar-refractivity contribution in [2.24, 2.45) is 11.7 Å². The summed E-state index contributed by atoms with van der Waals surface area (Å²) >= 11 is 0. The zero-order valence-corrected chi connectivity index (χ0v) is 19.0. The third-order valence-corrected chi connectivity index (χ3v) is 8.15. The molecular weight excluding hydrogens is 434 g/mol. The second kappa shape index (κ2) is 8.81. The number of carbonyl (C=O) groups excluding carboxylic acids is 1. The highest BCUT2D eigenvalue weighted by Crippen LogP contribution is 2.42. The molecule has 5 nitrogen and oxygen atoms in total. The number of amides is 1. The SMILES string of the molecule is CC1C(C(N)=O)=CC=C(S(=O)(=O)c2ccccc2)C1(O)Cc1ccc(-c2ccccc2)cc1. The number of carbonyl (C=O) groups is 1. The van der Waals surface area contributed by atoms with Crippen LogP contribution in [0.2, 0.25) is 0 Å². The topological polar surface area (TPSA) is 97.5 Å². The van der Waals surface area contributed by atoms with Gasteiger partial charge < -0.3 is 10.8 Å². The van der Waals surface area contributed by atoms with Gasteiger partial charge in [-0.05, 0) is 34.9 Å². The third kappa shape index (κ3) is 4.27. The van der Waals surface area contributed by atoms with Crippen LogP contribution in [0.5, 0.6) is 0 Å². The third-order valence-electron chi connectivity index (χ3n) is 6.19. The lowest BCUT2D eigenvalue weighted by Gasteiger charge is -2.39. The van der Waals surface area contributed by atoms with Gasteiger partial charge in [0, 0.05) is 17.9 Å². The predicted octanol–water partition coefficient (Wildman–Crippen LogP) is 4.05. The Morgan fingerprint density at radius 1 is 0.879 bits per heavy atom. The molecule has 0 fully saturated rings. The van der Waals surface area contributed by atoms with Crippen LogP contribution in [0.25, 0.3) is 11.1 Å². The van der Waals surface area contributed by atoms with E-state index in [1.165, 1.54) is 24.3 Å². The number of aliphatic hydroxyl groups is 1. The fourth-order valence-electron chi connectivity index (χ4n) is 4.27. The average molecular weight is 460 g/mol. The summed E-state index contributed by atoms with van der Waals surface area (Å²) in [6.45, 7) is 1.63. The van der Waals surface area contributed by atoms with Crippen molar-refractivity contribution in [3.63, 3.8) is 0 Å². The van der Waals surface area contributed by atoms with Crippen molar-refractivity contribution in [1.82, 2.24) is 0 Å². The molecule has 0 saturated heterocycles. The van der Waals surface area contributed by atoms with E-state index in [0.717, 1.165) is 16.7 Å². The van der Waals surface area contributed by atoms with Crippen molar-refractivity contribution in [3.8, 4) is 11.1 Å². The van der Waals surface area contributed by atoms with Crippen molar-refractivity contribution in [3.05, 3.63) is 113 Å². The van der Waals surface area contributed by atoms with E-state index in [9.17, 15) is 18.3 Å². The Hall–Kier alpha value is -3.48. The van der Waals surface area contributed by atoms with Gasteiger partial charge in [0.05, 0.1) is 9.80 Å².